The Kier molecular flexibility index (Phi) is 2.25. The molecule has 1 aliphatic heterocycles. The summed E-state index contributed by atoms with van der Waals surface area (Å²) < 4.78 is 10.4. The van der Waals surface area contributed by atoms with E-state index in [-0.39, 0.29) is 5.78 Å². The van der Waals surface area contributed by atoms with Crippen molar-refractivity contribution in [3.63, 3.8) is 0 Å². The fourth-order valence-electron chi connectivity index (χ4n) is 1.54. The van der Waals surface area contributed by atoms with E-state index < -0.39 is 6.10 Å². The van der Waals surface area contributed by atoms with Crippen LogP contribution in [0.4, 0.5) is 0 Å². The first-order chi connectivity index (χ1) is 6.72. The molecule has 0 saturated carbocycles. The molecule has 0 radical (unpaired) electrons. The highest BCUT2D eigenvalue weighted by molar-refractivity contribution is 6.02. The number of Topliss-reactive ketones (excluding diaryl/α,β-unsaturated/α-hetero) is 1. The Morgan fingerprint density at radius 2 is 2.29 bits per heavy atom. The van der Waals surface area contributed by atoms with E-state index in [1.165, 1.54) is 7.11 Å². The van der Waals surface area contributed by atoms with Crippen LogP contribution < -0.4 is 4.74 Å². The van der Waals surface area contributed by atoms with Crippen molar-refractivity contribution >= 4 is 5.78 Å². The van der Waals surface area contributed by atoms with Crippen molar-refractivity contribution in [1.29, 1.82) is 0 Å². The standard InChI is InChI=1S/C11H12O3/c1-7-3-4-8-9(5-7)14-6-10(13-2)11(8)12/h3-5,10H,6H2,1-2H3. The Morgan fingerprint density at radius 1 is 1.50 bits per heavy atom. The Balaban J connectivity index is 2.41. The van der Waals surface area contributed by atoms with Crippen LogP contribution >= 0.6 is 0 Å². The van der Waals surface area contributed by atoms with Crippen LogP contribution in [-0.2, 0) is 4.74 Å². The topological polar surface area (TPSA) is 35.5 Å². The molecular weight excluding hydrogens is 180 g/mol. The van der Waals surface area contributed by atoms with Crippen molar-refractivity contribution in [2.24, 2.45) is 0 Å². The molecular formula is C11H12O3. The third kappa shape index (κ3) is 1.40. The first kappa shape index (κ1) is 9.21. The summed E-state index contributed by atoms with van der Waals surface area (Å²) in [6, 6.07) is 5.56. The Morgan fingerprint density at radius 3 is 3.00 bits per heavy atom. The van der Waals surface area contributed by atoms with Crippen LogP contribution in [0, 0.1) is 6.92 Å². The van der Waals surface area contributed by atoms with Gasteiger partial charge in [0.25, 0.3) is 0 Å². The van der Waals surface area contributed by atoms with Crippen LogP contribution in [0.1, 0.15) is 15.9 Å². The maximum absolute atomic E-state index is 11.8. The fraction of sp³-hybridized carbons (Fsp3) is 0.364. The number of rotatable bonds is 1. The second kappa shape index (κ2) is 3.42. The molecule has 1 unspecified atom stereocenters. The predicted octanol–water partition coefficient (Wildman–Crippen LogP) is 1.59. The second-order valence-corrected chi connectivity index (χ2v) is 3.40. The first-order valence-corrected chi connectivity index (χ1v) is 4.53. The summed E-state index contributed by atoms with van der Waals surface area (Å²) in [4.78, 5) is 11.8. The van der Waals surface area contributed by atoms with Gasteiger partial charge in [-0.3, -0.25) is 4.79 Å². The van der Waals surface area contributed by atoms with Crippen LogP contribution in [-0.4, -0.2) is 25.6 Å². The molecule has 0 aromatic heterocycles. The predicted molar refractivity (Wildman–Crippen MR) is 51.8 cm³/mol. The smallest absolute Gasteiger partial charge is 0.198 e. The minimum Gasteiger partial charge on any atom is -0.490 e. The number of carbonyl (C=O) groups excluding carboxylic acids is 1. The lowest BCUT2D eigenvalue weighted by molar-refractivity contribution is 0.0368. The van der Waals surface area contributed by atoms with E-state index in [1.807, 2.05) is 19.1 Å². The number of fused-ring (bicyclic) bond motifs is 1. The SMILES string of the molecule is COC1COc2cc(C)ccc2C1=O. The first-order valence-electron chi connectivity index (χ1n) is 4.53. The van der Waals surface area contributed by atoms with Crippen LogP contribution in [0.3, 0.4) is 0 Å². The normalized spacial score (nSPS) is 20.1. The molecule has 1 heterocycles. The van der Waals surface area contributed by atoms with Gasteiger partial charge in [-0.1, -0.05) is 6.07 Å². The molecule has 0 spiro atoms. The zero-order valence-electron chi connectivity index (χ0n) is 8.24. The quantitative estimate of drug-likeness (QED) is 0.677. The lowest BCUT2D eigenvalue weighted by Crippen LogP contribution is -2.34. The van der Waals surface area contributed by atoms with E-state index in [0.29, 0.717) is 17.9 Å². The van der Waals surface area contributed by atoms with Gasteiger partial charge >= 0.3 is 0 Å². The maximum Gasteiger partial charge on any atom is 0.198 e. The van der Waals surface area contributed by atoms with Crippen molar-refractivity contribution in [2.75, 3.05) is 13.7 Å². The van der Waals surface area contributed by atoms with Crippen LogP contribution in [0.2, 0.25) is 0 Å². The number of hydrogen-bond donors (Lipinski definition) is 0. The van der Waals surface area contributed by atoms with Gasteiger partial charge in [0.2, 0.25) is 0 Å². The van der Waals surface area contributed by atoms with E-state index in [2.05, 4.69) is 0 Å². The van der Waals surface area contributed by atoms with Crippen molar-refractivity contribution in [1.82, 2.24) is 0 Å². The Bertz CT molecular complexity index is 371. The number of aryl methyl sites for hydroxylation is 1. The molecule has 2 rings (SSSR count). The number of ketones is 1. The molecule has 0 N–H and O–H groups in total. The van der Waals surface area contributed by atoms with Gasteiger partial charge < -0.3 is 9.47 Å². The second-order valence-electron chi connectivity index (χ2n) is 3.40. The largest absolute Gasteiger partial charge is 0.490 e. The number of methoxy groups -OCH3 is 1. The molecule has 0 fully saturated rings. The number of carbonyl (C=O) groups is 1. The van der Waals surface area contributed by atoms with Gasteiger partial charge in [0.05, 0.1) is 5.56 Å². The average Bonchev–Trinajstić information content (AvgIpc) is 2.18. The summed E-state index contributed by atoms with van der Waals surface area (Å²) in [5, 5.41) is 0. The highest BCUT2D eigenvalue weighted by Gasteiger charge is 2.28. The third-order valence-electron chi connectivity index (χ3n) is 2.37. The molecule has 1 aromatic carbocycles. The Labute approximate surface area is 82.6 Å². The van der Waals surface area contributed by atoms with E-state index >= 15 is 0 Å². The lowest BCUT2D eigenvalue weighted by atomic mass is 10.0. The van der Waals surface area contributed by atoms with Crippen LogP contribution in [0.25, 0.3) is 0 Å². The minimum atomic E-state index is -0.454. The highest BCUT2D eigenvalue weighted by Crippen LogP contribution is 2.26. The van der Waals surface area contributed by atoms with Crippen molar-refractivity contribution in [3.8, 4) is 5.75 Å². The van der Waals surface area contributed by atoms with E-state index in [4.69, 9.17) is 9.47 Å². The van der Waals surface area contributed by atoms with Crippen LogP contribution in [0.5, 0.6) is 5.75 Å². The fourth-order valence-corrected chi connectivity index (χ4v) is 1.54. The molecule has 74 valence electrons. The van der Waals surface area contributed by atoms with Gasteiger partial charge in [-0.2, -0.15) is 0 Å². The monoisotopic (exact) mass is 192 g/mol. The molecule has 14 heavy (non-hydrogen) atoms. The summed E-state index contributed by atoms with van der Waals surface area (Å²) >= 11 is 0. The minimum absolute atomic E-state index is 0.00810. The zero-order chi connectivity index (χ0) is 10.1. The number of ether oxygens (including phenoxy) is 2. The molecule has 0 bridgehead atoms. The molecule has 1 atom stereocenters. The van der Waals surface area contributed by atoms with E-state index in [1.54, 1.807) is 6.07 Å². The van der Waals surface area contributed by atoms with Crippen molar-refractivity contribution in [2.45, 2.75) is 13.0 Å². The van der Waals surface area contributed by atoms with Gasteiger partial charge in [0.1, 0.15) is 12.4 Å². The van der Waals surface area contributed by atoms with Gasteiger partial charge in [-0.05, 0) is 24.6 Å². The zero-order valence-corrected chi connectivity index (χ0v) is 8.24. The summed E-state index contributed by atoms with van der Waals surface area (Å²) in [7, 11) is 1.52. The van der Waals surface area contributed by atoms with Gasteiger partial charge in [0, 0.05) is 7.11 Å². The summed E-state index contributed by atoms with van der Waals surface area (Å²) in [5.74, 6) is 0.678. The highest BCUT2D eigenvalue weighted by atomic mass is 16.5. The van der Waals surface area contributed by atoms with Crippen LogP contribution in [0.15, 0.2) is 18.2 Å². The number of hydrogen-bond acceptors (Lipinski definition) is 3. The Hall–Kier alpha value is -1.35. The maximum atomic E-state index is 11.8. The molecule has 1 aromatic rings. The van der Waals surface area contributed by atoms with E-state index in [0.717, 1.165) is 5.56 Å². The molecule has 3 nitrogen and oxygen atoms in total. The van der Waals surface area contributed by atoms with Gasteiger partial charge in [0.15, 0.2) is 11.9 Å². The van der Waals surface area contributed by atoms with E-state index in [9.17, 15) is 4.79 Å². The third-order valence-corrected chi connectivity index (χ3v) is 2.37. The number of benzene rings is 1. The van der Waals surface area contributed by atoms with Crippen molar-refractivity contribution in [3.05, 3.63) is 29.3 Å². The lowest BCUT2D eigenvalue weighted by Gasteiger charge is -2.23. The average molecular weight is 192 g/mol. The summed E-state index contributed by atoms with van der Waals surface area (Å²) in [6.45, 7) is 2.28. The molecule has 0 amide bonds. The summed E-state index contributed by atoms with van der Waals surface area (Å²) in [5.41, 5.74) is 1.71. The molecule has 0 saturated heterocycles. The summed E-state index contributed by atoms with van der Waals surface area (Å²) in [6.07, 6.45) is -0.454. The molecule has 0 aliphatic carbocycles. The molecule has 1 aliphatic rings. The van der Waals surface area contributed by atoms with Crippen molar-refractivity contribution < 1.29 is 14.3 Å². The van der Waals surface area contributed by atoms with Gasteiger partial charge in [-0.25, -0.2) is 0 Å². The molecule has 3 heteroatoms. The van der Waals surface area contributed by atoms with Gasteiger partial charge in [-0.15, -0.1) is 0 Å².